The van der Waals surface area contributed by atoms with E-state index in [1.165, 1.54) is 11.8 Å². The lowest BCUT2D eigenvalue weighted by atomic mass is 10.2. The Morgan fingerprint density at radius 1 is 1.11 bits per heavy atom. The van der Waals surface area contributed by atoms with E-state index >= 15 is 0 Å². The van der Waals surface area contributed by atoms with Gasteiger partial charge in [0, 0.05) is 18.4 Å². The molecule has 6 nitrogen and oxygen atoms in total. The minimum atomic E-state index is -0.0437. The second-order valence-corrected chi connectivity index (χ2v) is 7.20. The lowest BCUT2D eigenvalue weighted by Gasteiger charge is -2.15. The summed E-state index contributed by atoms with van der Waals surface area (Å²) in [6.45, 7) is 2.53. The van der Waals surface area contributed by atoms with Crippen LogP contribution in [0.2, 0.25) is 0 Å². The molecule has 1 unspecified atom stereocenters. The Hall–Kier alpha value is -2.64. The first-order valence-corrected chi connectivity index (χ1v) is 10.2. The van der Waals surface area contributed by atoms with Gasteiger partial charge in [-0.3, -0.25) is 9.36 Å². The number of thioether (sulfide) groups is 1. The second-order valence-electron chi connectivity index (χ2n) is 6.26. The summed E-state index contributed by atoms with van der Waals surface area (Å²) in [6, 6.07) is 19.9. The van der Waals surface area contributed by atoms with Gasteiger partial charge in [-0.05, 0) is 18.6 Å². The van der Waals surface area contributed by atoms with Crippen LogP contribution in [0.1, 0.15) is 13.3 Å². The molecule has 0 radical (unpaired) electrons. The molecule has 1 aromatic heterocycles. The van der Waals surface area contributed by atoms with E-state index in [4.69, 9.17) is 4.74 Å². The Morgan fingerprint density at radius 3 is 2.43 bits per heavy atom. The van der Waals surface area contributed by atoms with Crippen LogP contribution in [0, 0.1) is 0 Å². The molecule has 0 spiro atoms. The molecule has 28 heavy (non-hydrogen) atoms. The van der Waals surface area contributed by atoms with Gasteiger partial charge in [-0.2, -0.15) is 0 Å². The standard InChI is InChI=1S/C21H24N4O2S/c1-3-17(14-27-2)22-19(26)15-28-21-24-23-20(16-10-6-4-7-11-16)25(21)18-12-8-5-9-13-18/h4-13,17H,3,14-15H2,1-2H3,(H,22,26). The summed E-state index contributed by atoms with van der Waals surface area (Å²) >= 11 is 1.37. The van der Waals surface area contributed by atoms with Gasteiger partial charge in [0.05, 0.1) is 18.4 Å². The first-order chi connectivity index (χ1) is 13.7. The molecule has 2 aromatic carbocycles. The fourth-order valence-electron chi connectivity index (χ4n) is 2.81. The molecule has 1 atom stereocenters. The molecule has 0 aliphatic heterocycles. The van der Waals surface area contributed by atoms with Crippen molar-refractivity contribution >= 4 is 17.7 Å². The molecule has 3 aromatic rings. The lowest BCUT2D eigenvalue weighted by molar-refractivity contribution is -0.119. The van der Waals surface area contributed by atoms with Crippen molar-refractivity contribution in [2.45, 2.75) is 24.5 Å². The summed E-state index contributed by atoms with van der Waals surface area (Å²) in [5.74, 6) is 0.971. The Bertz CT molecular complexity index is 884. The normalized spacial score (nSPS) is 11.9. The molecule has 0 aliphatic carbocycles. The van der Waals surface area contributed by atoms with Gasteiger partial charge in [-0.25, -0.2) is 0 Å². The number of para-hydroxylation sites is 1. The van der Waals surface area contributed by atoms with Gasteiger partial charge in [0.2, 0.25) is 5.91 Å². The van der Waals surface area contributed by atoms with E-state index in [9.17, 15) is 4.79 Å². The highest BCUT2D eigenvalue weighted by molar-refractivity contribution is 7.99. The maximum atomic E-state index is 12.3. The average Bonchev–Trinajstić information content (AvgIpc) is 3.17. The van der Waals surface area contributed by atoms with Gasteiger partial charge >= 0.3 is 0 Å². The van der Waals surface area contributed by atoms with Gasteiger partial charge in [0.1, 0.15) is 0 Å². The molecule has 1 heterocycles. The number of methoxy groups -OCH3 is 1. The zero-order chi connectivity index (χ0) is 19.8. The Morgan fingerprint density at radius 2 is 1.79 bits per heavy atom. The number of nitrogens with zero attached hydrogens (tertiary/aromatic N) is 3. The Balaban J connectivity index is 1.82. The van der Waals surface area contributed by atoms with Crippen molar-refractivity contribution in [3.8, 4) is 17.1 Å². The lowest BCUT2D eigenvalue weighted by Crippen LogP contribution is -2.38. The van der Waals surface area contributed by atoms with Gasteiger partial charge in [0.25, 0.3) is 0 Å². The summed E-state index contributed by atoms with van der Waals surface area (Å²) in [5.41, 5.74) is 1.93. The number of carbonyl (C=O) groups excluding carboxylic acids is 1. The maximum absolute atomic E-state index is 12.3. The van der Waals surface area contributed by atoms with Gasteiger partial charge in [-0.15, -0.1) is 10.2 Å². The number of hydrogen-bond donors (Lipinski definition) is 1. The number of ether oxygens (including phenoxy) is 1. The number of benzene rings is 2. The van der Waals surface area contributed by atoms with Gasteiger partial charge in [0.15, 0.2) is 11.0 Å². The monoisotopic (exact) mass is 396 g/mol. The van der Waals surface area contributed by atoms with E-state index in [-0.39, 0.29) is 17.7 Å². The van der Waals surface area contributed by atoms with Crippen LogP contribution in [0.15, 0.2) is 65.8 Å². The smallest absolute Gasteiger partial charge is 0.230 e. The van der Waals surface area contributed by atoms with E-state index in [0.717, 1.165) is 23.5 Å². The second kappa shape index (κ2) is 10.1. The Kier molecular flexibility index (Phi) is 7.22. The van der Waals surface area contributed by atoms with Crippen molar-refractivity contribution in [3.63, 3.8) is 0 Å². The zero-order valence-corrected chi connectivity index (χ0v) is 16.9. The van der Waals surface area contributed by atoms with Crippen LogP contribution in [0.25, 0.3) is 17.1 Å². The fourth-order valence-corrected chi connectivity index (χ4v) is 3.57. The molecular formula is C21H24N4O2S. The van der Waals surface area contributed by atoms with Crippen molar-refractivity contribution < 1.29 is 9.53 Å². The summed E-state index contributed by atoms with van der Waals surface area (Å²) in [6.07, 6.45) is 0.822. The number of amides is 1. The van der Waals surface area contributed by atoms with Crippen LogP contribution in [-0.2, 0) is 9.53 Å². The van der Waals surface area contributed by atoms with Crippen molar-refractivity contribution in [2.75, 3.05) is 19.5 Å². The first-order valence-electron chi connectivity index (χ1n) is 9.20. The third-order valence-electron chi connectivity index (χ3n) is 4.24. The van der Waals surface area contributed by atoms with Crippen LogP contribution in [0.4, 0.5) is 0 Å². The molecular weight excluding hydrogens is 372 g/mol. The van der Waals surface area contributed by atoms with Gasteiger partial charge in [-0.1, -0.05) is 67.2 Å². The van der Waals surface area contributed by atoms with E-state index < -0.39 is 0 Å². The molecule has 0 saturated carbocycles. The topological polar surface area (TPSA) is 69.0 Å². The molecule has 7 heteroatoms. The number of hydrogen-bond acceptors (Lipinski definition) is 5. The van der Waals surface area contributed by atoms with Crippen LogP contribution >= 0.6 is 11.8 Å². The first kappa shape index (κ1) is 20.1. The molecule has 0 saturated heterocycles. The molecule has 0 bridgehead atoms. The SMILES string of the molecule is CCC(COC)NC(=O)CSc1nnc(-c2ccccc2)n1-c1ccccc1. The third-order valence-corrected chi connectivity index (χ3v) is 5.17. The highest BCUT2D eigenvalue weighted by atomic mass is 32.2. The van der Waals surface area contributed by atoms with Crippen molar-refractivity contribution in [3.05, 3.63) is 60.7 Å². The fraction of sp³-hybridized carbons (Fsp3) is 0.286. The minimum Gasteiger partial charge on any atom is -0.383 e. The molecule has 1 amide bonds. The van der Waals surface area contributed by atoms with Gasteiger partial charge < -0.3 is 10.1 Å². The average molecular weight is 397 g/mol. The van der Waals surface area contributed by atoms with E-state index in [0.29, 0.717) is 11.8 Å². The maximum Gasteiger partial charge on any atom is 0.230 e. The number of rotatable bonds is 9. The number of carbonyl (C=O) groups is 1. The third kappa shape index (κ3) is 4.99. The predicted octanol–water partition coefficient (Wildman–Crippen LogP) is 3.57. The highest BCUT2D eigenvalue weighted by Gasteiger charge is 2.18. The summed E-state index contributed by atoms with van der Waals surface area (Å²) in [7, 11) is 1.64. The number of nitrogens with one attached hydrogen (secondary N) is 1. The van der Waals surface area contributed by atoms with Crippen LogP contribution < -0.4 is 5.32 Å². The van der Waals surface area contributed by atoms with Crippen LogP contribution in [0.3, 0.4) is 0 Å². The van der Waals surface area contributed by atoms with Crippen molar-refractivity contribution in [2.24, 2.45) is 0 Å². The minimum absolute atomic E-state index is 0.0185. The summed E-state index contributed by atoms with van der Waals surface area (Å²) in [5, 5.41) is 12.4. The van der Waals surface area contributed by atoms with E-state index in [2.05, 4.69) is 15.5 Å². The van der Waals surface area contributed by atoms with E-state index in [1.54, 1.807) is 7.11 Å². The summed E-state index contributed by atoms with van der Waals surface area (Å²) in [4.78, 5) is 12.3. The van der Waals surface area contributed by atoms with Crippen LogP contribution in [0.5, 0.6) is 0 Å². The largest absolute Gasteiger partial charge is 0.383 e. The molecule has 146 valence electrons. The molecule has 3 rings (SSSR count). The van der Waals surface area contributed by atoms with Crippen molar-refractivity contribution in [1.82, 2.24) is 20.1 Å². The Labute approximate surface area is 169 Å². The molecule has 1 N–H and O–H groups in total. The number of aromatic nitrogens is 3. The van der Waals surface area contributed by atoms with E-state index in [1.807, 2.05) is 72.2 Å². The predicted molar refractivity (Wildman–Crippen MR) is 112 cm³/mol. The highest BCUT2D eigenvalue weighted by Crippen LogP contribution is 2.27. The quantitative estimate of drug-likeness (QED) is 0.560. The van der Waals surface area contributed by atoms with Crippen molar-refractivity contribution in [1.29, 1.82) is 0 Å². The molecule has 0 aliphatic rings. The van der Waals surface area contributed by atoms with Crippen LogP contribution in [-0.4, -0.2) is 46.2 Å². The zero-order valence-electron chi connectivity index (χ0n) is 16.0. The molecule has 0 fully saturated rings. The summed E-state index contributed by atoms with van der Waals surface area (Å²) < 4.78 is 7.13.